The van der Waals surface area contributed by atoms with Crippen LogP contribution in [0.2, 0.25) is 0 Å². The first-order chi connectivity index (χ1) is 15.5. The molecule has 1 N–H and O–H groups in total. The molecule has 0 atom stereocenters. The van der Waals surface area contributed by atoms with Crippen molar-refractivity contribution in [2.75, 3.05) is 0 Å². The van der Waals surface area contributed by atoms with Gasteiger partial charge in [0.2, 0.25) is 0 Å². The zero-order valence-corrected chi connectivity index (χ0v) is 18.3. The third-order valence-corrected chi connectivity index (χ3v) is 5.75. The van der Waals surface area contributed by atoms with Gasteiger partial charge >= 0.3 is 5.69 Å². The van der Waals surface area contributed by atoms with Gasteiger partial charge in [0.1, 0.15) is 5.52 Å². The zero-order chi connectivity index (χ0) is 22.2. The van der Waals surface area contributed by atoms with E-state index in [0.29, 0.717) is 29.5 Å². The third-order valence-electron chi connectivity index (χ3n) is 5.75. The average Bonchev–Trinajstić information content (AvgIpc) is 3.36. The van der Waals surface area contributed by atoms with E-state index < -0.39 is 0 Å². The molecule has 0 aliphatic rings. The number of benzene rings is 2. The molecule has 32 heavy (non-hydrogen) atoms. The summed E-state index contributed by atoms with van der Waals surface area (Å²) in [5.41, 5.74) is 6.35. The lowest BCUT2D eigenvalue weighted by atomic mass is 9.97. The van der Waals surface area contributed by atoms with Crippen LogP contribution >= 0.6 is 0 Å². The molecule has 0 aliphatic carbocycles. The predicted octanol–water partition coefficient (Wildman–Crippen LogP) is 4.36. The maximum Gasteiger partial charge on any atom is 0.328 e. The smallest absolute Gasteiger partial charge is 0.303 e. The molecule has 160 valence electrons. The predicted molar refractivity (Wildman–Crippen MR) is 125 cm³/mol. The molecule has 0 radical (unpaired) electrons. The van der Waals surface area contributed by atoms with Gasteiger partial charge in [-0.05, 0) is 28.7 Å². The standard InChI is InChI=1S/C25H24N6O/c1-16(2)19-6-4-5-7-20(19)23-26-14-21-24(29-23)31(25(32)28-21)15-17-8-10-18(11-9-17)22-12-13-27-30(22)3/h4-14,16H,15H2,1-3H3,(H,28,32). The molecule has 7 heteroatoms. The average molecular weight is 425 g/mol. The summed E-state index contributed by atoms with van der Waals surface area (Å²) in [6.45, 7) is 4.73. The van der Waals surface area contributed by atoms with E-state index in [4.69, 9.17) is 4.98 Å². The number of imidazole rings is 1. The number of nitrogens with one attached hydrogen (secondary N) is 1. The molecular weight excluding hydrogens is 400 g/mol. The normalized spacial score (nSPS) is 11.5. The van der Waals surface area contributed by atoms with Gasteiger partial charge in [0.05, 0.1) is 18.4 Å². The van der Waals surface area contributed by atoms with Gasteiger partial charge in [-0.25, -0.2) is 14.8 Å². The SMILES string of the molecule is CC(C)c1ccccc1-c1ncc2[nH]c(=O)n(Cc3ccc(-c4ccnn4C)cc3)c2n1. The molecule has 5 rings (SSSR count). The number of hydrogen-bond donors (Lipinski definition) is 1. The van der Waals surface area contributed by atoms with Crippen LogP contribution in [-0.4, -0.2) is 29.3 Å². The third kappa shape index (κ3) is 3.51. The first-order valence-corrected chi connectivity index (χ1v) is 10.6. The lowest BCUT2D eigenvalue weighted by Crippen LogP contribution is -2.17. The summed E-state index contributed by atoms with van der Waals surface area (Å²) < 4.78 is 3.50. The summed E-state index contributed by atoms with van der Waals surface area (Å²) in [6, 6.07) is 18.3. The number of aryl methyl sites for hydroxylation is 1. The summed E-state index contributed by atoms with van der Waals surface area (Å²) in [5.74, 6) is 0.970. The maximum atomic E-state index is 12.7. The Bertz CT molecular complexity index is 1460. The van der Waals surface area contributed by atoms with E-state index in [1.807, 2.05) is 60.3 Å². The van der Waals surface area contributed by atoms with Crippen molar-refractivity contribution in [3.05, 3.63) is 88.6 Å². The van der Waals surface area contributed by atoms with Crippen LogP contribution in [0.3, 0.4) is 0 Å². The molecule has 5 aromatic rings. The Kier molecular flexibility index (Phi) is 4.93. The Morgan fingerprint density at radius 3 is 2.53 bits per heavy atom. The number of rotatable bonds is 5. The number of H-pyrrole nitrogens is 1. The van der Waals surface area contributed by atoms with E-state index in [1.54, 1.807) is 17.0 Å². The van der Waals surface area contributed by atoms with Crippen LogP contribution in [0.4, 0.5) is 0 Å². The number of hydrogen-bond acceptors (Lipinski definition) is 4. The lowest BCUT2D eigenvalue weighted by Gasteiger charge is -2.11. The van der Waals surface area contributed by atoms with Crippen molar-refractivity contribution in [3.63, 3.8) is 0 Å². The van der Waals surface area contributed by atoms with E-state index in [9.17, 15) is 4.79 Å². The fraction of sp³-hybridized carbons (Fsp3) is 0.200. The van der Waals surface area contributed by atoms with Crippen LogP contribution in [0.15, 0.2) is 71.8 Å². The van der Waals surface area contributed by atoms with E-state index in [1.165, 1.54) is 5.56 Å². The molecule has 0 unspecified atom stereocenters. The highest BCUT2D eigenvalue weighted by Crippen LogP contribution is 2.27. The summed E-state index contributed by atoms with van der Waals surface area (Å²) in [7, 11) is 1.92. The van der Waals surface area contributed by atoms with E-state index in [2.05, 4.69) is 35.0 Å². The summed E-state index contributed by atoms with van der Waals surface area (Å²) in [6.07, 6.45) is 3.47. The van der Waals surface area contributed by atoms with E-state index in [0.717, 1.165) is 22.4 Å². The molecule has 0 spiro atoms. The fourth-order valence-corrected chi connectivity index (χ4v) is 4.05. The molecule has 0 fully saturated rings. The van der Waals surface area contributed by atoms with Gasteiger partial charge in [-0.3, -0.25) is 9.25 Å². The number of nitrogens with zero attached hydrogens (tertiary/aromatic N) is 5. The first-order valence-electron chi connectivity index (χ1n) is 10.6. The minimum Gasteiger partial charge on any atom is -0.303 e. The van der Waals surface area contributed by atoms with Crippen molar-refractivity contribution in [3.8, 4) is 22.6 Å². The highest BCUT2D eigenvalue weighted by molar-refractivity contribution is 5.74. The molecule has 0 saturated heterocycles. The Morgan fingerprint density at radius 2 is 1.81 bits per heavy atom. The van der Waals surface area contributed by atoms with Gasteiger partial charge in [0.15, 0.2) is 11.5 Å². The van der Waals surface area contributed by atoms with Crippen molar-refractivity contribution in [2.45, 2.75) is 26.3 Å². The molecule has 3 heterocycles. The molecule has 0 saturated carbocycles. The van der Waals surface area contributed by atoms with Gasteiger partial charge in [-0.1, -0.05) is 62.4 Å². The molecule has 0 amide bonds. The van der Waals surface area contributed by atoms with E-state index >= 15 is 0 Å². The van der Waals surface area contributed by atoms with E-state index in [-0.39, 0.29) is 5.69 Å². The largest absolute Gasteiger partial charge is 0.328 e. The number of aromatic nitrogens is 6. The van der Waals surface area contributed by atoms with Crippen LogP contribution in [0.1, 0.15) is 30.9 Å². The Balaban J connectivity index is 1.52. The van der Waals surface area contributed by atoms with Crippen LogP contribution in [-0.2, 0) is 13.6 Å². The van der Waals surface area contributed by atoms with Crippen molar-refractivity contribution < 1.29 is 0 Å². The number of aromatic amines is 1. The van der Waals surface area contributed by atoms with Crippen LogP contribution in [0.25, 0.3) is 33.8 Å². The van der Waals surface area contributed by atoms with Crippen molar-refractivity contribution in [1.82, 2.24) is 29.3 Å². The van der Waals surface area contributed by atoms with Crippen molar-refractivity contribution in [2.24, 2.45) is 7.05 Å². The Morgan fingerprint density at radius 1 is 1.03 bits per heavy atom. The molecular formula is C25H24N6O. The second kappa shape index (κ2) is 7.92. The minimum atomic E-state index is -0.195. The molecule has 3 aromatic heterocycles. The molecule has 7 nitrogen and oxygen atoms in total. The lowest BCUT2D eigenvalue weighted by molar-refractivity contribution is 0.773. The van der Waals surface area contributed by atoms with Crippen LogP contribution < -0.4 is 5.69 Å². The van der Waals surface area contributed by atoms with Gasteiger partial charge in [0, 0.05) is 18.8 Å². The Labute approximate surface area is 185 Å². The Hall–Kier alpha value is -4.00. The van der Waals surface area contributed by atoms with Gasteiger partial charge in [0.25, 0.3) is 0 Å². The monoisotopic (exact) mass is 424 g/mol. The summed E-state index contributed by atoms with van der Waals surface area (Å²) >= 11 is 0. The van der Waals surface area contributed by atoms with Crippen LogP contribution in [0.5, 0.6) is 0 Å². The second-order valence-electron chi connectivity index (χ2n) is 8.23. The summed E-state index contributed by atoms with van der Waals surface area (Å²) in [4.78, 5) is 24.9. The molecule has 0 bridgehead atoms. The minimum absolute atomic E-state index is 0.195. The topological polar surface area (TPSA) is 81.4 Å². The van der Waals surface area contributed by atoms with Crippen molar-refractivity contribution >= 4 is 11.2 Å². The quantitative estimate of drug-likeness (QED) is 0.455. The molecule has 2 aromatic carbocycles. The first kappa shape index (κ1) is 19.9. The number of fused-ring (bicyclic) bond motifs is 1. The maximum absolute atomic E-state index is 12.7. The van der Waals surface area contributed by atoms with Gasteiger partial charge < -0.3 is 4.98 Å². The zero-order valence-electron chi connectivity index (χ0n) is 18.3. The summed E-state index contributed by atoms with van der Waals surface area (Å²) in [5, 5.41) is 4.23. The van der Waals surface area contributed by atoms with Gasteiger partial charge in [-0.2, -0.15) is 5.10 Å². The highest BCUT2D eigenvalue weighted by atomic mass is 16.1. The molecule has 0 aliphatic heterocycles. The van der Waals surface area contributed by atoms with Crippen LogP contribution in [0, 0.1) is 0 Å². The highest BCUT2D eigenvalue weighted by Gasteiger charge is 2.15. The second-order valence-corrected chi connectivity index (χ2v) is 8.23. The van der Waals surface area contributed by atoms with Crippen molar-refractivity contribution in [1.29, 1.82) is 0 Å². The van der Waals surface area contributed by atoms with Gasteiger partial charge in [-0.15, -0.1) is 0 Å². The fourth-order valence-electron chi connectivity index (χ4n) is 4.05.